The monoisotopic (exact) mass is 282 g/mol. The molecule has 0 unspecified atom stereocenters. The largest absolute Gasteiger partial charge is 0.363 e. The quantitative estimate of drug-likeness (QED) is 0.486. The van der Waals surface area contributed by atoms with Crippen molar-refractivity contribution in [2.24, 2.45) is 5.84 Å². The van der Waals surface area contributed by atoms with Gasteiger partial charge in [-0.05, 0) is 0 Å². The number of benzene rings is 1. The highest BCUT2D eigenvalue weighted by molar-refractivity contribution is 5.60. The lowest BCUT2D eigenvalue weighted by molar-refractivity contribution is 0.388. The van der Waals surface area contributed by atoms with Crippen LogP contribution in [0.1, 0.15) is 5.76 Å². The number of hydrogen-bond acceptors (Lipinski definition) is 7. The standard InChI is InChI=1S/C14H14N6O/c15-20-13-8-12(16-9-11-6-7-17-21-11)18-14(19-13)10-4-2-1-3-5-10/h1-8H,9,15H2,(H2,16,18,19,20). The number of nitrogen functional groups attached to an aromatic ring is 1. The molecule has 21 heavy (non-hydrogen) atoms. The molecular weight excluding hydrogens is 268 g/mol. The molecule has 0 atom stereocenters. The van der Waals surface area contributed by atoms with Crippen molar-refractivity contribution in [3.63, 3.8) is 0 Å². The lowest BCUT2D eigenvalue weighted by Gasteiger charge is -2.08. The third-order valence-corrected chi connectivity index (χ3v) is 2.84. The third kappa shape index (κ3) is 3.15. The van der Waals surface area contributed by atoms with Gasteiger partial charge in [0.05, 0.1) is 12.7 Å². The summed E-state index contributed by atoms with van der Waals surface area (Å²) in [5.74, 6) is 7.95. The molecule has 0 aliphatic rings. The van der Waals surface area contributed by atoms with E-state index in [0.29, 0.717) is 24.0 Å². The Morgan fingerprint density at radius 3 is 2.57 bits per heavy atom. The van der Waals surface area contributed by atoms with Crippen molar-refractivity contribution in [1.29, 1.82) is 0 Å². The minimum atomic E-state index is 0.481. The zero-order valence-electron chi connectivity index (χ0n) is 11.2. The summed E-state index contributed by atoms with van der Waals surface area (Å²) in [5, 5.41) is 6.80. The first-order chi connectivity index (χ1) is 10.3. The molecule has 7 heteroatoms. The number of aromatic nitrogens is 3. The second-order valence-corrected chi connectivity index (χ2v) is 4.30. The summed E-state index contributed by atoms with van der Waals surface area (Å²) in [4.78, 5) is 8.82. The van der Waals surface area contributed by atoms with Crippen LogP contribution in [0.25, 0.3) is 11.4 Å². The highest BCUT2D eigenvalue weighted by atomic mass is 16.5. The van der Waals surface area contributed by atoms with Crippen molar-refractivity contribution in [3.8, 4) is 11.4 Å². The molecule has 0 aliphatic carbocycles. The Labute approximate surface area is 121 Å². The molecular formula is C14H14N6O. The predicted octanol–water partition coefficient (Wildman–Crippen LogP) is 2.03. The molecule has 0 aliphatic heterocycles. The summed E-state index contributed by atoms with van der Waals surface area (Å²) in [6.07, 6.45) is 1.60. The second-order valence-electron chi connectivity index (χ2n) is 4.30. The average Bonchev–Trinajstić information content (AvgIpc) is 3.07. The van der Waals surface area contributed by atoms with Gasteiger partial charge in [0.25, 0.3) is 0 Å². The molecule has 0 bridgehead atoms. The normalized spacial score (nSPS) is 10.3. The summed E-state index contributed by atoms with van der Waals surface area (Å²) in [7, 11) is 0. The molecule has 0 saturated heterocycles. The van der Waals surface area contributed by atoms with Crippen LogP contribution in [0.3, 0.4) is 0 Å². The van der Waals surface area contributed by atoms with Crippen LogP contribution >= 0.6 is 0 Å². The van der Waals surface area contributed by atoms with Crippen LogP contribution in [0.15, 0.2) is 53.2 Å². The van der Waals surface area contributed by atoms with Gasteiger partial charge in [0, 0.05) is 17.7 Å². The molecule has 0 radical (unpaired) electrons. The molecule has 0 saturated carbocycles. The fourth-order valence-electron chi connectivity index (χ4n) is 1.84. The van der Waals surface area contributed by atoms with Gasteiger partial charge in [0.15, 0.2) is 11.6 Å². The maximum atomic E-state index is 5.46. The van der Waals surface area contributed by atoms with Gasteiger partial charge in [-0.3, -0.25) is 0 Å². The molecule has 4 N–H and O–H groups in total. The van der Waals surface area contributed by atoms with E-state index in [-0.39, 0.29) is 0 Å². The number of rotatable bonds is 5. The molecule has 2 heterocycles. The Hall–Kier alpha value is -2.93. The van der Waals surface area contributed by atoms with E-state index in [4.69, 9.17) is 10.4 Å². The van der Waals surface area contributed by atoms with Crippen LogP contribution in [0, 0.1) is 0 Å². The molecule has 0 fully saturated rings. The first-order valence-electron chi connectivity index (χ1n) is 6.40. The zero-order chi connectivity index (χ0) is 14.5. The number of hydrazine groups is 1. The van der Waals surface area contributed by atoms with Crippen molar-refractivity contribution < 1.29 is 4.52 Å². The molecule has 3 aromatic rings. The van der Waals surface area contributed by atoms with E-state index in [2.05, 4.69) is 25.9 Å². The first kappa shape index (κ1) is 13.1. The summed E-state index contributed by atoms with van der Waals surface area (Å²) in [5.41, 5.74) is 3.46. The highest BCUT2D eigenvalue weighted by Gasteiger charge is 2.07. The fraction of sp³-hybridized carbons (Fsp3) is 0.0714. The minimum absolute atomic E-state index is 0.481. The third-order valence-electron chi connectivity index (χ3n) is 2.84. The van der Waals surface area contributed by atoms with Gasteiger partial charge in [-0.1, -0.05) is 35.5 Å². The van der Waals surface area contributed by atoms with Crippen LogP contribution in [0.5, 0.6) is 0 Å². The Bertz CT molecular complexity index is 699. The van der Waals surface area contributed by atoms with Crippen LogP contribution in [-0.4, -0.2) is 15.1 Å². The van der Waals surface area contributed by atoms with Crippen molar-refractivity contribution in [2.45, 2.75) is 6.54 Å². The van der Waals surface area contributed by atoms with Gasteiger partial charge in [0.1, 0.15) is 11.6 Å². The predicted molar refractivity (Wildman–Crippen MR) is 79.1 cm³/mol. The number of anilines is 2. The fourth-order valence-corrected chi connectivity index (χ4v) is 1.84. The summed E-state index contributed by atoms with van der Waals surface area (Å²) in [6.45, 7) is 0.481. The van der Waals surface area contributed by atoms with Crippen molar-refractivity contribution >= 4 is 11.6 Å². The van der Waals surface area contributed by atoms with Gasteiger partial charge in [0.2, 0.25) is 0 Å². The average molecular weight is 282 g/mol. The van der Waals surface area contributed by atoms with E-state index in [0.717, 1.165) is 11.3 Å². The summed E-state index contributed by atoms with van der Waals surface area (Å²) >= 11 is 0. The summed E-state index contributed by atoms with van der Waals surface area (Å²) in [6, 6.07) is 13.2. The van der Waals surface area contributed by atoms with E-state index in [1.54, 1.807) is 18.3 Å². The Morgan fingerprint density at radius 1 is 1.05 bits per heavy atom. The smallest absolute Gasteiger partial charge is 0.163 e. The van der Waals surface area contributed by atoms with Crippen LogP contribution in [-0.2, 0) is 6.54 Å². The Balaban J connectivity index is 1.86. The van der Waals surface area contributed by atoms with Crippen molar-refractivity contribution in [3.05, 3.63) is 54.4 Å². The van der Waals surface area contributed by atoms with E-state index in [1.165, 1.54) is 0 Å². The van der Waals surface area contributed by atoms with E-state index in [9.17, 15) is 0 Å². The van der Waals surface area contributed by atoms with Crippen LogP contribution < -0.4 is 16.6 Å². The van der Waals surface area contributed by atoms with Crippen molar-refractivity contribution in [2.75, 3.05) is 10.7 Å². The molecule has 2 aromatic heterocycles. The number of nitrogens with two attached hydrogens (primary N) is 1. The SMILES string of the molecule is NNc1cc(NCc2ccno2)nc(-c2ccccc2)n1. The van der Waals surface area contributed by atoms with E-state index in [1.807, 2.05) is 30.3 Å². The maximum absolute atomic E-state index is 5.46. The zero-order valence-corrected chi connectivity index (χ0v) is 11.2. The van der Waals surface area contributed by atoms with Gasteiger partial charge in [-0.2, -0.15) is 0 Å². The molecule has 3 rings (SSSR count). The number of nitrogens with one attached hydrogen (secondary N) is 2. The van der Waals surface area contributed by atoms with Gasteiger partial charge in [-0.15, -0.1) is 0 Å². The summed E-state index contributed by atoms with van der Waals surface area (Å²) < 4.78 is 5.03. The van der Waals surface area contributed by atoms with E-state index < -0.39 is 0 Å². The Kier molecular flexibility index (Phi) is 3.74. The highest BCUT2D eigenvalue weighted by Crippen LogP contribution is 2.19. The molecule has 0 spiro atoms. The second kappa shape index (κ2) is 6.02. The topological polar surface area (TPSA) is 102 Å². The van der Waals surface area contributed by atoms with Gasteiger partial charge < -0.3 is 15.3 Å². The van der Waals surface area contributed by atoms with Crippen LogP contribution in [0.4, 0.5) is 11.6 Å². The first-order valence-corrected chi connectivity index (χ1v) is 6.40. The minimum Gasteiger partial charge on any atom is -0.363 e. The van der Waals surface area contributed by atoms with Gasteiger partial charge >= 0.3 is 0 Å². The Morgan fingerprint density at radius 2 is 1.86 bits per heavy atom. The maximum Gasteiger partial charge on any atom is 0.163 e. The van der Waals surface area contributed by atoms with Crippen LogP contribution in [0.2, 0.25) is 0 Å². The molecule has 106 valence electrons. The lowest BCUT2D eigenvalue weighted by atomic mass is 10.2. The number of nitrogens with zero attached hydrogens (tertiary/aromatic N) is 3. The lowest BCUT2D eigenvalue weighted by Crippen LogP contribution is -2.11. The van der Waals surface area contributed by atoms with Gasteiger partial charge in [-0.25, -0.2) is 15.8 Å². The van der Waals surface area contributed by atoms with Crippen molar-refractivity contribution in [1.82, 2.24) is 15.1 Å². The number of hydrogen-bond donors (Lipinski definition) is 3. The molecule has 7 nitrogen and oxygen atoms in total. The van der Waals surface area contributed by atoms with E-state index >= 15 is 0 Å². The molecule has 0 amide bonds. The molecule has 1 aromatic carbocycles.